The molecular weight excluding hydrogens is 645 g/mol. The minimum Gasteiger partial charge on any atom is -0.288 e. The topological polar surface area (TPSA) is 68.3 Å². The van der Waals surface area contributed by atoms with Crippen LogP contribution in [0.25, 0.3) is 41.7 Å². The summed E-state index contributed by atoms with van der Waals surface area (Å²) in [5.74, 6) is -7.38. The molecule has 3 aromatic carbocycles. The van der Waals surface area contributed by atoms with Crippen LogP contribution in [0.3, 0.4) is 0 Å². The first-order valence-electron chi connectivity index (χ1n) is 13.4. The summed E-state index contributed by atoms with van der Waals surface area (Å²) in [4.78, 5) is 52.9. The van der Waals surface area contributed by atoms with Crippen molar-refractivity contribution >= 4 is 98.9 Å². The Labute approximate surface area is 262 Å². The van der Waals surface area contributed by atoms with Crippen LogP contribution in [0.15, 0.2) is 47.5 Å². The van der Waals surface area contributed by atoms with E-state index in [4.69, 9.17) is 0 Å². The molecule has 11 heteroatoms. The number of fused-ring (bicyclic) bond motifs is 6. The molecule has 0 amide bonds. The zero-order chi connectivity index (χ0) is 31.6. The van der Waals surface area contributed by atoms with Gasteiger partial charge >= 0.3 is 0 Å². The number of thiophene rings is 3. The molecule has 3 heterocycles. The standard InChI is InChI=1S/C34H14F4O4S3/c1-11-15-3-13(4-20-28(39)16-7-22(35)23(36)8-17(16)29(20)40)43-32(15)12(2)27-33(11)45-26-6-14(44-34(26)27)5-21-30(41)18-9-24(37)25(38)10-19(18)31(21)42/h3-10H,1-2H3. The fraction of sp³-hybridized carbons (Fsp3) is 0.0588. The fourth-order valence-electron chi connectivity index (χ4n) is 6.03. The molecule has 45 heavy (non-hydrogen) atoms. The lowest BCUT2D eigenvalue weighted by molar-refractivity contribution is 0.0975. The van der Waals surface area contributed by atoms with E-state index in [0.29, 0.717) is 9.75 Å². The van der Waals surface area contributed by atoms with Crippen LogP contribution in [0, 0.1) is 37.1 Å². The van der Waals surface area contributed by atoms with Crippen LogP contribution < -0.4 is 0 Å². The Morgan fingerprint density at radius 2 is 0.933 bits per heavy atom. The first-order valence-corrected chi connectivity index (χ1v) is 15.9. The summed E-state index contributed by atoms with van der Waals surface area (Å²) in [5, 5.41) is 1.94. The average Bonchev–Trinajstić information content (AvgIpc) is 3.78. The first-order chi connectivity index (χ1) is 21.4. The van der Waals surface area contributed by atoms with Crippen molar-refractivity contribution in [1.82, 2.24) is 0 Å². The van der Waals surface area contributed by atoms with Crippen molar-refractivity contribution in [2.45, 2.75) is 13.8 Å². The number of ketones is 4. The number of allylic oxidation sites excluding steroid dienone is 2. The molecular formula is C34H14F4O4S3. The number of Topliss-reactive ketones (excluding diaryl/α,β-unsaturated/α-hetero) is 4. The monoisotopic (exact) mass is 658 g/mol. The van der Waals surface area contributed by atoms with Crippen molar-refractivity contribution in [3.63, 3.8) is 0 Å². The molecule has 0 atom stereocenters. The van der Waals surface area contributed by atoms with Gasteiger partial charge in [-0.25, -0.2) is 17.6 Å². The molecule has 0 N–H and O–H groups in total. The summed E-state index contributed by atoms with van der Waals surface area (Å²) in [6, 6.07) is 6.80. The Balaban J connectivity index is 1.21. The van der Waals surface area contributed by atoms with Gasteiger partial charge in [-0.05, 0) is 78.9 Å². The summed E-state index contributed by atoms with van der Waals surface area (Å²) in [5.41, 5.74) is 1.03. The summed E-state index contributed by atoms with van der Waals surface area (Å²) in [6.07, 6.45) is 2.93. The number of halogens is 4. The molecule has 6 aromatic rings. The lowest BCUT2D eigenvalue weighted by Gasteiger charge is -2.04. The number of rotatable bonds is 2. The molecule has 2 aliphatic carbocycles. The maximum atomic E-state index is 13.8. The van der Waals surface area contributed by atoms with E-state index >= 15 is 0 Å². The second-order valence-electron chi connectivity index (χ2n) is 10.8. The van der Waals surface area contributed by atoms with E-state index in [2.05, 4.69) is 0 Å². The Bertz CT molecular complexity index is 2440. The lowest BCUT2D eigenvalue weighted by Crippen LogP contribution is -1.99. The molecule has 0 saturated carbocycles. The number of carbonyl (C=O) groups is 4. The van der Waals surface area contributed by atoms with Crippen LogP contribution in [0.4, 0.5) is 17.6 Å². The summed E-state index contributed by atoms with van der Waals surface area (Å²) in [6.45, 7) is 3.95. The summed E-state index contributed by atoms with van der Waals surface area (Å²) in [7, 11) is 0. The van der Waals surface area contributed by atoms with Crippen LogP contribution >= 0.6 is 34.0 Å². The highest BCUT2D eigenvalue weighted by Gasteiger charge is 2.36. The predicted molar refractivity (Wildman–Crippen MR) is 168 cm³/mol. The summed E-state index contributed by atoms with van der Waals surface area (Å²) >= 11 is 4.33. The lowest BCUT2D eigenvalue weighted by atomic mass is 10.0. The van der Waals surface area contributed by atoms with Crippen LogP contribution in [0.1, 0.15) is 62.3 Å². The molecule has 0 radical (unpaired) electrons. The minimum atomic E-state index is -1.19. The van der Waals surface area contributed by atoms with Gasteiger partial charge in [-0.1, -0.05) is 0 Å². The van der Waals surface area contributed by atoms with E-state index in [9.17, 15) is 36.7 Å². The third-order valence-electron chi connectivity index (χ3n) is 8.25. The molecule has 0 unspecified atom stereocenters. The molecule has 0 aliphatic heterocycles. The fourth-order valence-corrected chi connectivity index (χ4v) is 9.92. The zero-order valence-electron chi connectivity index (χ0n) is 23.0. The smallest absolute Gasteiger partial charge is 0.197 e. The van der Waals surface area contributed by atoms with E-state index in [0.717, 1.165) is 65.0 Å². The van der Waals surface area contributed by atoms with Crippen LogP contribution in [0.2, 0.25) is 0 Å². The van der Waals surface area contributed by atoms with Crippen molar-refractivity contribution in [2.75, 3.05) is 0 Å². The zero-order valence-corrected chi connectivity index (χ0v) is 25.4. The highest BCUT2D eigenvalue weighted by molar-refractivity contribution is 7.33. The highest BCUT2D eigenvalue weighted by Crippen LogP contribution is 2.48. The van der Waals surface area contributed by atoms with Gasteiger partial charge in [0.2, 0.25) is 0 Å². The van der Waals surface area contributed by atoms with Gasteiger partial charge in [-0.2, -0.15) is 0 Å². The van der Waals surface area contributed by atoms with Gasteiger partial charge in [0.1, 0.15) is 0 Å². The third kappa shape index (κ3) is 3.87. The molecule has 4 nitrogen and oxygen atoms in total. The van der Waals surface area contributed by atoms with Crippen LogP contribution in [-0.2, 0) is 0 Å². The number of aryl methyl sites for hydroxylation is 2. The van der Waals surface area contributed by atoms with Gasteiger partial charge in [-0.15, -0.1) is 34.0 Å². The van der Waals surface area contributed by atoms with Gasteiger partial charge < -0.3 is 0 Å². The Morgan fingerprint density at radius 1 is 0.511 bits per heavy atom. The average molecular weight is 659 g/mol. The largest absolute Gasteiger partial charge is 0.288 e. The number of hydrogen-bond acceptors (Lipinski definition) is 7. The van der Waals surface area contributed by atoms with Gasteiger partial charge in [0, 0.05) is 51.5 Å². The minimum absolute atomic E-state index is 0.150. The van der Waals surface area contributed by atoms with Crippen molar-refractivity contribution in [3.05, 3.63) is 114 Å². The molecule has 0 fully saturated rings. The SMILES string of the molecule is Cc1c2cc(C=C3C(=O)c4cc(F)c(F)cc4C3=O)sc2c(C)c2c1sc1cc(C=C3C(=O)c4cc(F)c(F)cc4C3=O)sc12. The third-order valence-corrected chi connectivity index (χ3v) is 11.9. The Morgan fingerprint density at radius 3 is 1.40 bits per heavy atom. The molecule has 220 valence electrons. The molecule has 0 saturated heterocycles. The molecule has 8 rings (SSSR count). The maximum Gasteiger partial charge on any atom is 0.197 e. The van der Waals surface area contributed by atoms with Crippen molar-refractivity contribution < 1.29 is 36.7 Å². The van der Waals surface area contributed by atoms with Crippen LogP contribution in [-0.4, -0.2) is 23.1 Å². The highest BCUT2D eigenvalue weighted by atomic mass is 32.1. The normalized spacial score (nSPS) is 14.5. The molecule has 0 spiro atoms. The van der Waals surface area contributed by atoms with E-state index in [1.54, 1.807) is 11.3 Å². The van der Waals surface area contributed by atoms with Crippen LogP contribution in [0.5, 0.6) is 0 Å². The quantitative estimate of drug-likeness (QED) is 0.106. The van der Waals surface area contributed by atoms with E-state index < -0.39 is 46.4 Å². The Hall–Kier alpha value is -4.58. The first kappa shape index (κ1) is 27.9. The van der Waals surface area contributed by atoms with Crippen molar-refractivity contribution in [2.24, 2.45) is 0 Å². The number of hydrogen-bond donors (Lipinski definition) is 0. The van der Waals surface area contributed by atoms with Gasteiger partial charge in [0.25, 0.3) is 0 Å². The van der Waals surface area contributed by atoms with Gasteiger partial charge in [0.05, 0.1) is 15.8 Å². The molecule has 3 aromatic heterocycles. The maximum absolute atomic E-state index is 13.8. The van der Waals surface area contributed by atoms with E-state index in [1.165, 1.54) is 34.8 Å². The summed E-state index contributed by atoms with van der Waals surface area (Å²) < 4.78 is 59.0. The van der Waals surface area contributed by atoms with Gasteiger partial charge in [-0.3, -0.25) is 19.2 Å². The van der Waals surface area contributed by atoms with E-state index in [-0.39, 0.29) is 33.4 Å². The predicted octanol–water partition coefficient (Wildman–Crippen LogP) is 9.43. The Kier molecular flexibility index (Phi) is 5.87. The molecule has 2 aliphatic rings. The second kappa shape index (κ2) is 9.46. The van der Waals surface area contributed by atoms with Crippen molar-refractivity contribution in [3.8, 4) is 0 Å². The molecule has 0 bridgehead atoms. The number of benzene rings is 3. The van der Waals surface area contributed by atoms with Gasteiger partial charge in [0.15, 0.2) is 46.4 Å². The van der Waals surface area contributed by atoms with Crippen molar-refractivity contribution in [1.29, 1.82) is 0 Å². The second-order valence-corrected chi connectivity index (χ2v) is 14.1. The number of carbonyl (C=O) groups excluding carboxylic acids is 4. The van der Waals surface area contributed by atoms with E-state index in [1.807, 2.05) is 26.0 Å².